The Labute approximate surface area is 121 Å². The molecule has 4 heteroatoms. The summed E-state index contributed by atoms with van der Waals surface area (Å²) in [7, 11) is 1.86. The van der Waals surface area contributed by atoms with Crippen LogP contribution in [0.4, 0.5) is 11.4 Å². The van der Waals surface area contributed by atoms with Crippen LogP contribution in [0.15, 0.2) is 24.3 Å². The van der Waals surface area contributed by atoms with Crippen molar-refractivity contribution < 1.29 is 9.90 Å². The Morgan fingerprint density at radius 2 is 1.80 bits per heavy atom. The Kier molecular flexibility index (Phi) is 4.88. The maximum atomic E-state index is 11.5. The zero-order chi connectivity index (χ0) is 14.5. The van der Waals surface area contributed by atoms with Crippen LogP contribution in [-0.2, 0) is 4.79 Å². The van der Waals surface area contributed by atoms with E-state index in [0.29, 0.717) is 0 Å². The second-order valence-electron chi connectivity index (χ2n) is 5.42. The number of benzene rings is 1. The fraction of sp³-hybridized carbons (Fsp3) is 0.562. The minimum absolute atomic E-state index is 0.571. The first-order valence-electron chi connectivity index (χ1n) is 7.48. The molecular formula is C16H24N2O2. The number of hydrogen-bond donors (Lipinski definition) is 1. The number of carbonyl (C=O) groups is 1. The Balaban J connectivity index is 2.06. The molecule has 0 radical (unpaired) electrons. The summed E-state index contributed by atoms with van der Waals surface area (Å²) >= 11 is 0. The monoisotopic (exact) mass is 276 g/mol. The van der Waals surface area contributed by atoms with Crippen molar-refractivity contribution in [2.45, 2.75) is 45.2 Å². The Hall–Kier alpha value is -1.71. The lowest BCUT2D eigenvalue weighted by molar-refractivity contribution is -0.138. The molecule has 0 saturated carbocycles. The number of fused-ring (bicyclic) bond motifs is 1. The fourth-order valence-corrected chi connectivity index (χ4v) is 2.91. The molecule has 2 rings (SSSR count). The summed E-state index contributed by atoms with van der Waals surface area (Å²) in [5.41, 5.74) is 2.05. The van der Waals surface area contributed by atoms with Crippen molar-refractivity contribution in [2.24, 2.45) is 0 Å². The number of carboxylic acids is 1. The predicted molar refractivity (Wildman–Crippen MR) is 82.4 cm³/mol. The number of anilines is 2. The lowest BCUT2D eigenvalue weighted by Crippen LogP contribution is -2.47. The molecule has 0 saturated heterocycles. The van der Waals surface area contributed by atoms with Crippen molar-refractivity contribution >= 4 is 17.3 Å². The number of rotatable bonds is 7. The van der Waals surface area contributed by atoms with Crippen molar-refractivity contribution in [3.05, 3.63) is 24.3 Å². The molecule has 1 N–H and O–H groups in total. The van der Waals surface area contributed by atoms with E-state index in [1.807, 2.05) is 41.1 Å². The normalized spacial score (nSPS) is 17.4. The van der Waals surface area contributed by atoms with Crippen LogP contribution < -0.4 is 9.80 Å². The Morgan fingerprint density at radius 3 is 2.45 bits per heavy atom. The average molecular weight is 276 g/mol. The second-order valence-corrected chi connectivity index (χ2v) is 5.42. The van der Waals surface area contributed by atoms with Crippen molar-refractivity contribution in [3.8, 4) is 0 Å². The molecular weight excluding hydrogens is 252 g/mol. The summed E-state index contributed by atoms with van der Waals surface area (Å²) in [6.45, 7) is 3.01. The van der Waals surface area contributed by atoms with Gasteiger partial charge in [0.25, 0.3) is 0 Å². The molecule has 0 fully saturated rings. The number of para-hydroxylation sites is 2. The molecule has 1 unspecified atom stereocenters. The second kappa shape index (κ2) is 6.64. The number of carboxylic acid groups (broad SMARTS) is 1. The van der Waals surface area contributed by atoms with E-state index < -0.39 is 12.1 Å². The molecule has 0 aromatic heterocycles. The lowest BCUT2D eigenvalue weighted by atomic mass is 10.1. The molecule has 1 aromatic carbocycles. The highest BCUT2D eigenvalue weighted by Gasteiger charge is 2.37. The van der Waals surface area contributed by atoms with Gasteiger partial charge in [0, 0.05) is 13.6 Å². The first-order valence-corrected chi connectivity index (χ1v) is 7.48. The largest absolute Gasteiger partial charge is 0.478 e. The average Bonchev–Trinajstić information content (AvgIpc) is 2.72. The third kappa shape index (κ3) is 2.89. The summed E-state index contributed by atoms with van der Waals surface area (Å²) in [4.78, 5) is 15.4. The van der Waals surface area contributed by atoms with Gasteiger partial charge in [0.2, 0.25) is 6.17 Å². The summed E-state index contributed by atoms with van der Waals surface area (Å²) in [6.07, 6.45) is 5.37. The van der Waals surface area contributed by atoms with Gasteiger partial charge in [-0.15, -0.1) is 0 Å². The van der Waals surface area contributed by atoms with E-state index in [1.54, 1.807) is 0 Å². The Morgan fingerprint density at radius 1 is 1.15 bits per heavy atom. The van der Waals surface area contributed by atoms with Gasteiger partial charge in [-0.3, -0.25) is 0 Å². The van der Waals surface area contributed by atoms with Gasteiger partial charge in [0.1, 0.15) is 0 Å². The van der Waals surface area contributed by atoms with Crippen LogP contribution >= 0.6 is 0 Å². The van der Waals surface area contributed by atoms with Crippen LogP contribution in [0.2, 0.25) is 0 Å². The van der Waals surface area contributed by atoms with Gasteiger partial charge in [0.05, 0.1) is 11.4 Å². The summed E-state index contributed by atoms with van der Waals surface area (Å²) < 4.78 is 0. The fourth-order valence-electron chi connectivity index (χ4n) is 2.91. The topological polar surface area (TPSA) is 43.8 Å². The van der Waals surface area contributed by atoms with Crippen LogP contribution in [0.25, 0.3) is 0 Å². The molecule has 1 aromatic rings. The highest BCUT2D eigenvalue weighted by atomic mass is 16.4. The SMILES string of the molecule is CCCCCCCN1c2ccccc2N(C)C1C(=O)O. The number of unbranched alkanes of at least 4 members (excludes halogenated alkanes) is 4. The van der Waals surface area contributed by atoms with E-state index in [2.05, 4.69) is 6.92 Å². The van der Waals surface area contributed by atoms with Gasteiger partial charge in [-0.1, -0.05) is 44.7 Å². The highest BCUT2D eigenvalue weighted by Crippen LogP contribution is 2.38. The highest BCUT2D eigenvalue weighted by molar-refractivity contribution is 5.90. The molecule has 0 aliphatic carbocycles. The molecule has 1 heterocycles. The first-order chi connectivity index (χ1) is 9.66. The maximum absolute atomic E-state index is 11.5. The van der Waals surface area contributed by atoms with Crippen LogP contribution in [-0.4, -0.2) is 30.8 Å². The van der Waals surface area contributed by atoms with E-state index in [4.69, 9.17) is 0 Å². The zero-order valence-electron chi connectivity index (χ0n) is 12.4. The number of aliphatic carboxylic acids is 1. The summed E-state index contributed by atoms with van der Waals surface area (Å²) in [5.74, 6) is -0.780. The third-order valence-corrected chi connectivity index (χ3v) is 3.96. The molecule has 20 heavy (non-hydrogen) atoms. The van der Waals surface area contributed by atoms with E-state index >= 15 is 0 Å². The van der Waals surface area contributed by atoms with Crippen molar-refractivity contribution in [1.82, 2.24) is 0 Å². The van der Waals surface area contributed by atoms with Crippen molar-refractivity contribution in [1.29, 1.82) is 0 Å². The smallest absolute Gasteiger partial charge is 0.347 e. The van der Waals surface area contributed by atoms with Gasteiger partial charge in [-0.2, -0.15) is 0 Å². The molecule has 1 aliphatic heterocycles. The summed E-state index contributed by atoms with van der Waals surface area (Å²) in [6, 6.07) is 7.93. The lowest BCUT2D eigenvalue weighted by Gasteiger charge is -2.27. The zero-order valence-corrected chi connectivity index (χ0v) is 12.4. The van der Waals surface area contributed by atoms with Crippen molar-refractivity contribution in [3.63, 3.8) is 0 Å². The van der Waals surface area contributed by atoms with Gasteiger partial charge >= 0.3 is 5.97 Å². The molecule has 4 nitrogen and oxygen atoms in total. The Bertz CT molecular complexity index is 462. The van der Waals surface area contributed by atoms with Gasteiger partial charge in [0.15, 0.2) is 0 Å². The van der Waals surface area contributed by atoms with Crippen LogP contribution in [0.3, 0.4) is 0 Å². The predicted octanol–water partition coefficient (Wildman–Crippen LogP) is 3.32. The maximum Gasteiger partial charge on any atom is 0.347 e. The number of likely N-dealkylation sites (N-methyl/N-ethyl adjacent to an activating group) is 1. The van der Waals surface area contributed by atoms with E-state index in [9.17, 15) is 9.90 Å². The quantitative estimate of drug-likeness (QED) is 0.776. The number of nitrogens with zero attached hydrogens (tertiary/aromatic N) is 2. The standard InChI is InChI=1S/C16H24N2O2/c1-3-4-5-6-9-12-18-14-11-8-7-10-13(14)17(2)15(18)16(19)20/h7-8,10-11,15H,3-6,9,12H2,1-2H3,(H,19,20). The van der Waals surface area contributed by atoms with E-state index in [-0.39, 0.29) is 0 Å². The molecule has 110 valence electrons. The minimum Gasteiger partial charge on any atom is -0.478 e. The number of hydrogen-bond acceptors (Lipinski definition) is 3. The molecule has 0 bridgehead atoms. The van der Waals surface area contributed by atoms with Crippen LogP contribution in [0, 0.1) is 0 Å². The molecule has 1 atom stereocenters. The van der Waals surface area contributed by atoms with Crippen LogP contribution in [0.1, 0.15) is 39.0 Å². The molecule has 0 amide bonds. The van der Waals surface area contributed by atoms with Gasteiger partial charge in [-0.25, -0.2) is 4.79 Å². The van der Waals surface area contributed by atoms with E-state index in [1.165, 1.54) is 25.7 Å². The molecule has 0 spiro atoms. The van der Waals surface area contributed by atoms with E-state index in [0.717, 1.165) is 24.3 Å². The van der Waals surface area contributed by atoms with Crippen LogP contribution in [0.5, 0.6) is 0 Å². The van der Waals surface area contributed by atoms with Crippen molar-refractivity contribution in [2.75, 3.05) is 23.4 Å². The molecule has 1 aliphatic rings. The summed E-state index contributed by atoms with van der Waals surface area (Å²) in [5, 5.41) is 9.48. The van der Waals surface area contributed by atoms with Gasteiger partial charge < -0.3 is 14.9 Å². The minimum atomic E-state index is -0.780. The third-order valence-electron chi connectivity index (χ3n) is 3.96. The first kappa shape index (κ1) is 14.7. The van der Waals surface area contributed by atoms with Gasteiger partial charge in [-0.05, 0) is 18.6 Å².